The van der Waals surface area contributed by atoms with Gasteiger partial charge in [-0.2, -0.15) is 5.10 Å². The second-order valence-corrected chi connectivity index (χ2v) is 3.70. The van der Waals surface area contributed by atoms with Gasteiger partial charge in [-0.3, -0.25) is 9.89 Å². The van der Waals surface area contributed by atoms with Crippen LogP contribution in [-0.4, -0.2) is 35.4 Å². The second-order valence-electron chi connectivity index (χ2n) is 3.70. The summed E-state index contributed by atoms with van der Waals surface area (Å²) < 4.78 is 5.31. The molecule has 0 aliphatic rings. The van der Waals surface area contributed by atoms with E-state index >= 15 is 0 Å². The van der Waals surface area contributed by atoms with Gasteiger partial charge >= 0.3 is 0 Å². The van der Waals surface area contributed by atoms with Crippen molar-refractivity contribution in [2.24, 2.45) is 5.73 Å². The molecule has 0 aliphatic heterocycles. The highest BCUT2D eigenvalue weighted by molar-refractivity contribution is 5.90. The number of rotatable bonds is 7. The number of anilines is 1. The molecule has 17 heavy (non-hydrogen) atoms. The topological polar surface area (TPSA) is 93.0 Å². The number of hydrogen-bond acceptors (Lipinski definition) is 4. The first-order valence-electron chi connectivity index (χ1n) is 5.85. The molecule has 0 bridgehead atoms. The van der Waals surface area contributed by atoms with Crippen molar-refractivity contribution in [2.45, 2.75) is 32.8 Å². The zero-order chi connectivity index (χ0) is 12.7. The average molecular weight is 240 g/mol. The fraction of sp³-hybridized carbons (Fsp3) is 0.636. The van der Waals surface area contributed by atoms with Gasteiger partial charge < -0.3 is 15.8 Å². The van der Waals surface area contributed by atoms with E-state index < -0.39 is 0 Å². The van der Waals surface area contributed by atoms with Crippen LogP contribution in [0, 0.1) is 0 Å². The number of carbonyl (C=O) groups excluding carboxylic acids is 1. The van der Waals surface area contributed by atoms with E-state index in [1.165, 1.54) is 0 Å². The molecule has 1 heterocycles. The zero-order valence-electron chi connectivity index (χ0n) is 10.3. The van der Waals surface area contributed by atoms with E-state index in [0.29, 0.717) is 19.0 Å². The van der Waals surface area contributed by atoms with Crippen molar-refractivity contribution in [1.29, 1.82) is 0 Å². The molecule has 1 atom stereocenters. The number of nitrogens with two attached hydrogens (primary N) is 1. The molecule has 6 nitrogen and oxygen atoms in total. The summed E-state index contributed by atoms with van der Waals surface area (Å²) in [4.78, 5) is 11.7. The zero-order valence-corrected chi connectivity index (χ0v) is 10.3. The summed E-state index contributed by atoms with van der Waals surface area (Å²) in [5.74, 6) is 0.405. The Hall–Kier alpha value is -1.40. The van der Waals surface area contributed by atoms with E-state index in [2.05, 4.69) is 15.5 Å². The predicted octanol–water partition coefficient (Wildman–Crippen LogP) is 0.664. The predicted molar refractivity (Wildman–Crippen MR) is 65.7 cm³/mol. The minimum Gasteiger partial charge on any atom is -0.377 e. The Morgan fingerprint density at radius 3 is 2.94 bits per heavy atom. The molecular formula is C11H20N4O2. The Labute approximate surface area is 101 Å². The molecule has 0 fully saturated rings. The van der Waals surface area contributed by atoms with Gasteiger partial charge in [-0.15, -0.1) is 0 Å². The molecule has 0 saturated heterocycles. The summed E-state index contributed by atoms with van der Waals surface area (Å²) >= 11 is 0. The summed E-state index contributed by atoms with van der Waals surface area (Å²) in [7, 11) is 0. The van der Waals surface area contributed by atoms with Crippen LogP contribution >= 0.6 is 0 Å². The number of nitrogens with one attached hydrogen (secondary N) is 2. The minimum atomic E-state index is -0.232. The normalized spacial score (nSPS) is 12.4. The number of carbonyl (C=O) groups is 1. The van der Waals surface area contributed by atoms with E-state index in [1.807, 2.05) is 19.9 Å². The smallest absolute Gasteiger partial charge is 0.228 e. The Balaban J connectivity index is 2.42. The average Bonchev–Trinajstić information content (AvgIpc) is 2.76. The van der Waals surface area contributed by atoms with E-state index in [4.69, 9.17) is 10.5 Å². The van der Waals surface area contributed by atoms with Crippen LogP contribution in [0.4, 0.5) is 5.82 Å². The van der Waals surface area contributed by atoms with Crippen LogP contribution in [0.2, 0.25) is 0 Å². The van der Waals surface area contributed by atoms with Gasteiger partial charge in [-0.25, -0.2) is 0 Å². The SMILES string of the molecule is CCOC(CN)CC(=O)Nc1cc(CC)[nH]n1. The van der Waals surface area contributed by atoms with Crippen LogP contribution in [0.15, 0.2) is 6.07 Å². The maximum Gasteiger partial charge on any atom is 0.228 e. The summed E-state index contributed by atoms with van der Waals surface area (Å²) in [6.07, 6.45) is 0.871. The lowest BCUT2D eigenvalue weighted by Gasteiger charge is -2.13. The number of aryl methyl sites for hydroxylation is 1. The number of aromatic amines is 1. The molecule has 1 aromatic heterocycles. The van der Waals surface area contributed by atoms with Crippen molar-refractivity contribution in [2.75, 3.05) is 18.5 Å². The van der Waals surface area contributed by atoms with E-state index in [-0.39, 0.29) is 18.4 Å². The van der Waals surface area contributed by atoms with Gasteiger partial charge in [0, 0.05) is 24.9 Å². The molecule has 0 aromatic carbocycles. The van der Waals surface area contributed by atoms with Crippen LogP contribution in [0.25, 0.3) is 0 Å². The van der Waals surface area contributed by atoms with Gasteiger partial charge in [0.05, 0.1) is 12.5 Å². The minimum absolute atomic E-state index is 0.136. The second kappa shape index (κ2) is 7.03. The van der Waals surface area contributed by atoms with Gasteiger partial charge in [0.15, 0.2) is 5.82 Å². The number of amides is 1. The Morgan fingerprint density at radius 1 is 1.65 bits per heavy atom. The van der Waals surface area contributed by atoms with E-state index in [0.717, 1.165) is 12.1 Å². The van der Waals surface area contributed by atoms with Gasteiger partial charge in [-0.05, 0) is 13.3 Å². The van der Waals surface area contributed by atoms with E-state index in [1.54, 1.807) is 0 Å². The molecule has 1 aromatic rings. The van der Waals surface area contributed by atoms with Gasteiger partial charge in [-0.1, -0.05) is 6.92 Å². The Bertz CT molecular complexity index is 351. The lowest BCUT2D eigenvalue weighted by atomic mass is 10.2. The standard InChI is InChI=1S/C11H20N4O2/c1-3-8-5-10(15-14-8)13-11(16)6-9(7-12)17-4-2/h5,9H,3-4,6-7,12H2,1-2H3,(H2,13,14,15,16). The highest BCUT2D eigenvalue weighted by Gasteiger charge is 2.13. The van der Waals surface area contributed by atoms with Crippen molar-refractivity contribution < 1.29 is 9.53 Å². The van der Waals surface area contributed by atoms with E-state index in [9.17, 15) is 4.79 Å². The molecule has 6 heteroatoms. The maximum atomic E-state index is 11.7. The first-order valence-corrected chi connectivity index (χ1v) is 5.85. The lowest BCUT2D eigenvalue weighted by molar-refractivity contribution is -0.118. The van der Waals surface area contributed by atoms with Crippen molar-refractivity contribution in [3.05, 3.63) is 11.8 Å². The molecule has 1 amide bonds. The van der Waals surface area contributed by atoms with Crippen molar-refractivity contribution in [3.63, 3.8) is 0 Å². The quantitative estimate of drug-likeness (QED) is 0.653. The van der Waals surface area contributed by atoms with Crippen LogP contribution < -0.4 is 11.1 Å². The summed E-state index contributed by atoms with van der Waals surface area (Å²) in [5.41, 5.74) is 6.49. The molecule has 96 valence electrons. The number of nitrogens with zero attached hydrogens (tertiary/aromatic N) is 1. The van der Waals surface area contributed by atoms with Crippen molar-refractivity contribution >= 4 is 11.7 Å². The Morgan fingerprint density at radius 2 is 2.41 bits per heavy atom. The van der Waals surface area contributed by atoms with Crippen LogP contribution in [0.3, 0.4) is 0 Å². The molecule has 0 saturated carbocycles. The van der Waals surface area contributed by atoms with Gasteiger partial charge in [0.25, 0.3) is 0 Å². The van der Waals surface area contributed by atoms with Gasteiger partial charge in [0.2, 0.25) is 5.91 Å². The first kappa shape index (κ1) is 13.7. The summed E-state index contributed by atoms with van der Waals surface area (Å²) in [6.45, 7) is 4.78. The highest BCUT2D eigenvalue weighted by Crippen LogP contribution is 2.07. The number of H-pyrrole nitrogens is 1. The van der Waals surface area contributed by atoms with Crippen molar-refractivity contribution in [3.8, 4) is 0 Å². The Kier molecular flexibility index (Phi) is 5.65. The molecule has 4 N–H and O–H groups in total. The summed E-state index contributed by atoms with van der Waals surface area (Å²) in [6, 6.07) is 1.82. The molecule has 0 aliphatic carbocycles. The van der Waals surface area contributed by atoms with Gasteiger partial charge in [0.1, 0.15) is 0 Å². The molecule has 1 rings (SSSR count). The molecule has 0 radical (unpaired) electrons. The maximum absolute atomic E-state index is 11.7. The number of ether oxygens (including phenoxy) is 1. The molecular weight excluding hydrogens is 220 g/mol. The van der Waals surface area contributed by atoms with Crippen molar-refractivity contribution in [1.82, 2.24) is 10.2 Å². The highest BCUT2D eigenvalue weighted by atomic mass is 16.5. The van der Waals surface area contributed by atoms with Crippen LogP contribution in [0.1, 0.15) is 26.0 Å². The third-order valence-electron chi connectivity index (χ3n) is 2.36. The monoisotopic (exact) mass is 240 g/mol. The third kappa shape index (κ3) is 4.54. The lowest BCUT2D eigenvalue weighted by Crippen LogP contribution is -2.29. The molecule has 0 spiro atoms. The summed E-state index contributed by atoms with van der Waals surface area (Å²) in [5, 5.41) is 9.51. The van der Waals surface area contributed by atoms with Crippen LogP contribution in [-0.2, 0) is 16.0 Å². The third-order valence-corrected chi connectivity index (χ3v) is 2.36. The number of hydrogen-bond donors (Lipinski definition) is 3. The first-order chi connectivity index (χ1) is 8.19. The largest absolute Gasteiger partial charge is 0.377 e. The van der Waals surface area contributed by atoms with Crippen LogP contribution in [0.5, 0.6) is 0 Å². The number of aromatic nitrogens is 2. The fourth-order valence-electron chi connectivity index (χ4n) is 1.45. The fourth-order valence-corrected chi connectivity index (χ4v) is 1.45. The molecule has 1 unspecified atom stereocenters.